The SMILES string of the molecule is CCN1CCN(c2ccc(C(=O)NC(CC(C)C)C(=O)N3C[C@H](C)[C@H]4OCC(=O)[C@H]43)cc2)CC1. The molecule has 0 aromatic heterocycles. The number of rotatable bonds is 7. The van der Waals surface area contributed by atoms with E-state index in [1.54, 1.807) is 4.90 Å². The predicted molar refractivity (Wildman–Crippen MR) is 131 cm³/mol. The summed E-state index contributed by atoms with van der Waals surface area (Å²) in [6.07, 6.45) is 0.278. The van der Waals surface area contributed by atoms with Gasteiger partial charge in [-0.05, 0) is 43.1 Å². The van der Waals surface area contributed by atoms with Gasteiger partial charge in [0.2, 0.25) is 5.91 Å². The number of piperazine rings is 1. The predicted octanol–water partition coefficient (Wildman–Crippen LogP) is 1.79. The van der Waals surface area contributed by atoms with Crippen molar-refractivity contribution in [3.05, 3.63) is 29.8 Å². The number of ether oxygens (including phenoxy) is 1. The molecular weight excluding hydrogens is 432 g/mol. The molecule has 4 atom stereocenters. The van der Waals surface area contributed by atoms with Crippen LogP contribution in [0.15, 0.2) is 24.3 Å². The van der Waals surface area contributed by atoms with Crippen LogP contribution >= 0.6 is 0 Å². The van der Waals surface area contributed by atoms with E-state index in [4.69, 9.17) is 4.74 Å². The molecule has 3 heterocycles. The van der Waals surface area contributed by atoms with Crippen LogP contribution in [0.25, 0.3) is 0 Å². The second kappa shape index (κ2) is 10.4. The second-order valence-corrected chi connectivity index (χ2v) is 10.3. The van der Waals surface area contributed by atoms with Crippen molar-refractivity contribution in [2.75, 3.05) is 50.8 Å². The van der Waals surface area contributed by atoms with Gasteiger partial charge >= 0.3 is 0 Å². The third-order valence-corrected chi connectivity index (χ3v) is 7.35. The van der Waals surface area contributed by atoms with Crippen LogP contribution in [0.4, 0.5) is 5.69 Å². The lowest BCUT2D eigenvalue weighted by atomic mass is 10.0. The van der Waals surface area contributed by atoms with E-state index in [0.717, 1.165) is 38.4 Å². The van der Waals surface area contributed by atoms with Gasteiger partial charge < -0.3 is 24.8 Å². The maximum Gasteiger partial charge on any atom is 0.251 e. The zero-order valence-electron chi connectivity index (χ0n) is 20.8. The van der Waals surface area contributed by atoms with Gasteiger partial charge in [0.15, 0.2) is 5.78 Å². The molecular formula is C26H38N4O4. The minimum absolute atomic E-state index is 0.0484. The third kappa shape index (κ3) is 5.13. The monoisotopic (exact) mass is 470 g/mol. The summed E-state index contributed by atoms with van der Waals surface area (Å²) >= 11 is 0. The van der Waals surface area contributed by atoms with E-state index in [1.807, 2.05) is 45.0 Å². The fourth-order valence-electron chi connectivity index (χ4n) is 5.40. The number of nitrogens with zero attached hydrogens (tertiary/aromatic N) is 3. The van der Waals surface area contributed by atoms with Crippen LogP contribution in [0.1, 0.15) is 44.5 Å². The Balaban J connectivity index is 1.42. The summed E-state index contributed by atoms with van der Waals surface area (Å²) in [4.78, 5) is 45.4. The first-order valence-corrected chi connectivity index (χ1v) is 12.6. The Labute approximate surface area is 202 Å². The number of nitrogens with one attached hydrogen (secondary N) is 1. The van der Waals surface area contributed by atoms with E-state index in [0.29, 0.717) is 18.5 Å². The van der Waals surface area contributed by atoms with Gasteiger partial charge in [-0.15, -0.1) is 0 Å². The number of hydrogen-bond donors (Lipinski definition) is 1. The summed E-state index contributed by atoms with van der Waals surface area (Å²) in [7, 11) is 0. The van der Waals surface area contributed by atoms with Crippen molar-refractivity contribution in [3.8, 4) is 0 Å². The number of fused-ring (bicyclic) bond motifs is 1. The zero-order valence-corrected chi connectivity index (χ0v) is 20.8. The van der Waals surface area contributed by atoms with E-state index in [9.17, 15) is 14.4 Å². The average Bonchev–Trinajstić information content (AvgIpc) is 3.38. The third-order valence-electron chi connectivity index (χ3n) is 7.35. The van der Waals surface area contributed by atoms with Crippen LogP contribution in [0.3, 0.4) is 0 Å². The fraction of sp³-hybridized carbons (Fsp3) is 0.654. The quantitative estimate of drug-likeness (QED) is 0.654. The number of likely N-dealkylation sites (tertiary alicyclic amines) is 1. The van der Waals surface area contributed by atoms with Gasteiger partial charge in [-0.25, -0.2) is 0 Å². The molecule has 4 rings (SSSR count). The summed E-state index contributed by atoms with van der Waals surface area (Å²) in [5.74, 6) is -0.190. The largest absolute Gasteiger partial charge is 0.369 e. The smallest absolute Gasteiger partial charge is 0.251 e. The summed E-state index contributed by atoms with van der Waals surface area (Å²) in [6, 6.07) is 6.43. The van der Waals surface area contributed by atoms with Gasteiger partial charge in [0, 0.05) is 49.9 Å². The van der Waals surface area contributed by atoms with Gasteiger partial charge in [0.25, 0.3) is 5.91 Å². The molecule has 1 aromatic rings. The van der Waals surface area contributed by atoms with Crippen LogP contribution in [0.2, 0.25) is 0 Å². The van der Waals surface area contributed by atoms with Crippen molar-refractivity contribution < 1.29 is 19.1 Å². The highest BCUT2D eigenvalue weighted by Crippen LogP contribution is 2.32. The lowest BCUT2D eigenvalue weighted by molar-refractivity contribution is -0.138. The number of Topliss-reactive ketones (excluding diaryl/α,β-unsaturated/α-hetero) is 1. The van der Waals surface area contributed by atoms with Crippen LogP contribution in [0, 0.1) is 11.8 Å². The summed E-state index contributed by atoms with van der Waals surface area (Å²) in [6.45, 7) is 13.9. The standard InChI is InChI=1S/C26H38N4O4/c1-5-28-10-12-29(13-11-28)20-8-6-19(7-9-20)25(32)27-21(14-17(2)3)26(33)30-15-18(4)24-23(30)22(31)16-34-24/h6-9,17-18,21,23-24H,5,10-16H2,1-4H3,(H,27,32)/t18-,21?,23+,24+/m0/s1. The summed E-state index contributed by atoms with van der Waals surface area (Å²) < 4.78 is 5.63. The number of hydrogen-bond acceptors (Lipinski definition) is 6. The zero-order chi connectivity index (χ0) is 24.4. The Bertz CT molecular complexity index is 895. The maximum absolute atomic E-state index is 13.5. The maximum atomic E-state index is 13.5. The summed E-state index contributed by atoms with van der Waals surface area (Å²) in [5.41, 5.74) is 1.64. The van der Waals surface area contributed by atoms with Crippen molar-refractivity contribution in [1.82, 2.24) is 15.1 Å². The van der Waals surface area contributed by atoms with Crippen LogP contribution in [-0.4, -0.2) is 91.5 Å². The Hall–Kier alpha value is -2.45. The molecule has 3 aliphatic rings. The molecule has 8 heteroatoms. The molecule has 2 amide bonds. The number of carbonyl (C=O) groups is 3. The van der Waals surface area contributed by atoms with Gasteiger partial charge in [0.05, 0.1) is 6.10 Å². The molecule has 8 nitrogen and oxygen atoms in total. The Morgan fingerprint density at radius 2 is 1.79 bits per heavy atom. The normalized spacial score (nSPS) is 26.1. The number of amides is 2. The average molecular weight is 471 g/mol. The van der Waals surface area contributed by atoms with Crippen molar-refractivity contribution in [1.29, 1.82) is 0 Å². The number of anilines is 1. The number of likely N-dealkylation sites (N-methyl/N-ethyl adjacent to an activating group) is 1. The molecule has 0 radical (unpaired) electrons. The highest BCUT2D eigenvalue weighted by molar-refractivity contribution is 5.99. The van der Waals surface area contributed by atoms with Crippen molar-refractivity contribution >= 4 is 23.3 Å². The molecule has 0 aliphatic carbocycles. The molecule has 3 aliphatic heterocycles. The van der Waals surface area contributed by atoms with E-state index in [2.05, 4.69) is 22.0 Å². The molecule has 1 aromatic carbocycles. The molecule has 3 saturated heterocycles. The number of carbonyl (C=O) groups excluding carboxylic acids is 3. The first kappa shape index (κ1) is 24.7. The van der Waals surface area contributed by atoms with Gasteiger partial charge in [-0.1, -0.05) is 27.7 Å². The molecule has 34 heavy (non-hydrogen) atoms. The Morgan fingerprint density at radius 3 is 2.41 bits per heavy atom. The molecule has 3 fully saturated rings. The van der Waals surface area contributed by atoms with Crippen LogP contribution in [0.5, 0.6) is 0 Å². The molecule has 0 spiro atoms. The lowest BCUT2D eigenvalue weighted by Gasteiger charge is -2.35. The van der Waals surface area contributed by atoms with Crippen molar-refractivity contribution in [3.63, 3.8) is 0 Å². The topological polar surface area (TPSA) is 82.2 Å². The van der Waals surface area contributed by atoms with E-state index in [-0.39, 0.29) is 42.1 Å². The number of ketones is 1. The lowest BCUT2D eigenvalue weighted by Crippen LogP contribution is -2.52. The van der Waals surface area contributed by atoms with Gasteiger partial charge in [-0.2, -0.15) is 0 Å². The first-order valence-electron chi connectivity index (χ1n) is 12.6. The van der Waals surface area contributed by atoms with E-state index in [1.165, 1.54) is 0 Å². The minimum atomic E-state index is -0.673. The molecule has 0 bridgehead atoms. The first-order chi connectivity index (χ1) is 16.3. The van der Waals surface area contributed by atoms with E-state index < -0.39 is 12.1 Å². The molecule has 1 unspecified atom stereocenters. The highest BCUT2D eigenvalue weighted by Gasteiger charge is 2.51. The Morgan fingerprint density at radius 1 is 1.12 bits per heavy atom. The minimum Gasteiger partial charge on any atom is -0.369 e. The van der Waals surface area contributed by atoms with Crippen LogP contribution < -0.4 is 10.2 Å². The molecule has 186 valence electrons. The molecule has 1 N–H and O–H groups in total. The van der Waals surface area contributed by atoms with Crippen molar-refractivity contribution in [2.24, 2.45) is 11.8 Å². The molecule has 0 saturated carbocycles. The fourth-order valence-corrected chi connectivity index (χ4v) is 5.40. The second-order valence-electron chi connectivity index (χ2n) is 10.3. The van der Waals surface area contributed by atoms with Gasteiger partial charge in [0.1, 0.15) is 18.7 Å². The van der Waals surface area contributed by atoms with Gasteiger partial charge in [-0.3, -0.25) is 14.4 Å². The van der Waals surface area contributed by atoms with Crippen LogP contribution in [-0.2, 0) is 14.3 Å². The Kier molecular flexibility index (Phi) is 7.57. The number of benzene rings is 1. The van der Waals surface area contributed by atoms with E-state index >= 15 is 0 Å². The summed E-state index contributed by atoms with van der Waals surface area (Å²) in [5, 5.41) is 2.96. The van der Waals surface area contributed by atoms with Crippen molar-refractivity contribution in [2.45, 2.75) is 52.3 Å². The highest BCUT2D eigenvalue weighted by atomic mass is 16.5.